The lowest BCUT2D eigenvalue weighted by atomic mass is 10.1. The number of carboxylic acids is 1. The SMILES string of the molecule is CCCCCCCCCCCC(=O)N[C@@H](CC(=O)OC)C(=O)O. The Morgan fingerprint density at radius 2 is 1.48 bits per heavy atom. The van der Waals surface area contributed by atoms with Gasteiger partial charge in [-0.3, -0.25) is 9.59 Å². The summed E-state index contributed by atoms with van der Waals surface area (Å²) in [5.41, 5.74) is 0. The van der Waals surface area contributed by atoms with Gasteiger partial charge in [-0.25, -0.2) is 4.79 Å². The van der Waals surface area contributed by atoms with E-state index in [9.17, 15) is 14.4 Å². The molecule has 0 saturated carbocycles. The molecule has 0 rings (SSSR count). The van der Waals surface area contributed by atoms with Crippen LogP contribution in [-0.4, -0.2) is 36.1 Å². The molecule has 6 heteroatoms. The molecular weight excluding hydrogens is 298 g/mol. The van der Waals surface area contributed by atoms with Crippen LogP contribution >= 0.6 is 0 Å². The number of hydrogen-bond acceptors (Lipinski definition) is 4. The van der Waals surface area contributed by atoms with Gasteiger partial charge in [0.2, 0.25) is 5.91 Å². The summed E-state index contributed by atoms with van der Waals surface area (Å²) in [5.74, 6) is -2.21. The molecule has 134 valence electrons. The van der Waals surface area contributed by atoms with Gasteiger partial charge in [0.25, 0.3) is 0 Å². The van der Waals surface area contributed by atoms with E-state index in [2.05, 4.69) is 17.0 Å². The number of carbonyl (C=O) groups excluding carboxylic acids is 2. The molecule has 0 bridgehead atoms. The molecule has 6 nitrogen and oxygen atoms in total. The molecule has 0 unspecified atom stereocenters. The van der Waals surface area contributed by atoms with Gasteiger partial charge in [-0.05, 0) is 6.42 Å². The van der Waals surface area contributed by atoms with Gasteiger partial charge in [0.15, 0.2) is 0 Å². The van der Waals surface area contributed by atoms with Crippen LogP contribution in [0.25, 0.3) is 0 Å². The van der Waals surface area contributed by atoms with E-state index in [4.69, 9.17) is 5.11 Å². The van der Waals surface area contributed by atoms with Crippen molar-refractivity contribution in [3.05, 3.63) is 0 Å². The molecule has 1 atom stereocenters. The zero-order valence-corrected chi connectivity index (χ0v) is 14.4. The topological polar surface area (TPSA) is 92.7 Å². The summed E-state index contributed by atoms with van der Waals surface area (Å²) in [6, 6.07) is -1.21. The predicted octanol–water partition coefficient (Wildman–Crippen LogP) is 3.04. The molecule has 0 spiro atoms. The highest BCUT2D eigenvalue weighted by Gasteiger charge is 2.23. The molecule has 1 amide bonds. The molecule has 0 aromatic heterocycles. The van der Waals surface area contributed by atoms with E-state index in [1.807, 2.05) is 0 Å². The zero-order valence-electron chi connectivity index (χ0n) is 14.4. The van der Waals surface area contributed by atoms with E-state index in [0.717, 1.165) is 19.3 Å². The number of ether oxygens (including phenoxy) is 1. The van der Waals surface area contributed by atoms with Crippen LogP contribution in [-0.2, 0) is 19.1 Å². The Labute approximate surface area is 139 Å². The molecule has 0 aliphatic rings. The molecule has 2 N–H and O–H groups in total. The van der Waals surface area contributed by atoms with Crippen LogP contribution in [0.1, 0.15) is 77.6 Å². The van der Waals surface area contributed by atoms with Crippen molar-refractivity contribution in [1.29, 1.82) is 0 Å². The van der Waals surface area contributed by atoms with Crippen LogP contribution in [0.15, 0.2) is 0 Å². The summed E-state index contributed by atoms with van der Waals surface area (Å²) >= 11 is 0. The fourth-order valence-electron chi connectivity index (χ4n) is 2.31. The summed E-state index contributed by atoms with van der Waals surface area (Å²) < 4.78 is 4.42. The van der Waals surface area contributed by atoms with Crippen LogP contribution < -0.4 is 5.32 Å². The quantitative estimate of drug-likeness (QED) is 0.377. The van der Waals surface area contributed by atoms with Crippen molar-refractivity contribution in [3.8, 4) is 0 Å². The average Bonchev–Trinajstić information content (AvgIpc) is 2.52. The summed E-state index contributed by atoms with van der Waals surface area (Å²) in [6.45, 7) is 2.20. The first-order valence-corrected chi connectivity index (χ1v) is 8.60. The number of rotatable bonds is 14. The number of methoxy groups -OCH3 is 1. The van der Waals surface area contributed by atoms with Gasteiger partial charge in [0.05, 0.1) is 13.5 Å². The van der Waals surface area contributed by atoms with Crippen LogP contribution in [0.2, 0.25) is 0 Å². The van der Waals surface area contributed by atoms with E-state index in [1.54, 1.807) is 0 Å². The van der Waals surface area contributed by atoms with Gasteiger partial charge in [0, 0.05) is 6.42 Å². The second-order valence-electron chi connectivity index (χ2n) is 5.82. The number of hydrogen-bond donors (Lipinski definition) is 2. The maximum Gasteiger partial charge on any atom is 0.326 e. The number of aliphatic carboxylic acids is 1. The van der Waals surface area contributed by atoms with Crippen molar-refractivity contribution >= 4 is 17.8 Å². The third kappa shape index (κ3) is 12.6. The molecular formula is C17H31NO5. The molecule has 0 heterocycles. The average molecular weight is 329 g/mol. The van der Waals surface area contributed by atoms with Crippen LogP contribution in [0, 0.1) is 0 Å². The maximum atomic E-state index is 11.7. The third-order valence-corrected chi connectivity index (χ3v) is 3.74. The minimum atomic E-state index is -1.23. The van der Waals surface area contributed by atoms with Gasteiger partial charge in [-0.1, -0.05) is 58.3 Å². The van der Waals surface area contributed by atoms with E-state index >= 15 is 0 Å². The Morgan fingerprint density at radius 1 is 0.957 bits per heavy atom. The molecule has 0 aromatic rings. The fraction of sp³-hybridized carbons (Fsp3) is 0.824. The smallest absolute Gasteiger partial charge is 0.326 e. The zero-order chi connectivity index (χ0) is 17.5. The Bertz CT molecular complexity index is 357. The van der Waals surface area contributed by atoms with Gasteiger partial charge in [-0.2, -0.15) is 0 Å². The lowest BCUT2D eigenvalue weighted by molar-refractivity contribution is -0.148. The molecule has 0 radical (unpaired) electrons. The van der Waals surface area contributed by atoms with Gasteiger partial charge in [-0.15, -0.1) is 0 Å². The highest BCUT2D eigenvalue weighted by atomic mass is 16.5. The highest BCUT2D eigenvalue weighted by Crippen LogP contribution is 2.10. The fourth-order valence-corrected chi connectivity index (χ4v) is 2.31. The molecule has 0 fully saturated rings. The van der Waals surface area contributed by atoms with Crippen LogP contribution in [0.5, 0.6) is 0 Å². The molecule has 0 aromatic carbocycles. The first-order valence-electron chi connectivity index (χ1n) is 8.60. The number of esters is 1. The van der Waals surface area contributed by atoms with Crippen molar-refractivity contribution in [3.63, 3.8) is 0 Å². The van der Waals surface area contributed by atoms with Gasteiger partial charge in [0.1, 0.15) is 6.04 Å². The second kappa shape index (κ2) is 14.0. The molecule has 0 saturated heterocycles. The normalized spacial score (nSPS) is 11.7. The largest absolute Gasteiger partial charge is 0.480 e. The minimum Gasteiger partial charge on any atom is -0.480 e. The van der Waals surface area contributed by atoms with Crippen LogP contribution in [0.3, 0.4) is 0 Å². The van der Waals surface area contributed by atoms with Crippen LogP contribution in [0.4, 0.5) is 0 Å². The van der Waals surface area contributed by atoms with E-state index < -0.39 is 18.0 Å². The lowest BCUT2D eigenvalue weighted by Gasteiger charge is -2.13. The summed E-state index contributed by atoms with van der Waals surface area (Å²) in [4.78, 5) is 33.8. The van der Waals surface area contributed by atoms with Crippen molar-refractivity contribution in [2.75, 3.05) is 7.11 Å². The number of nitrogens with one attached hydrogen (secondary N) is 1. The Hall–Kier alpha value is -1.59. The molecule has 0 aliphatic carbocycles. The Kier molecular flexibility index (Phi) is 13.1. The summed E-state index contributed by atoms with van der Waals surface area (Å²) in [7, 11) is 1.19. The Balaban J connectivity index is 3.72. The van der Waals surface area contributed by atoms with Crippen molar-refractivity contribution in [1.82, 2.24) is 5.32 Å². The minimum absolute atomic E-state index is 0.292. The van der Waals surface area contributed by atoms with Crippen molar-refractivity contribution in [2.45, 2.75) is 83.6 Å². The molecule has 0 aliphatic heterocycles. The standard InChI is InChI=1S/C17H31NO5/c1-3-4-5-6-7-8-9-10-11-12-15(19)18-14(17(21)22)13-16(20)23-2/h14H,3-13H2,1-2H3,(H,18,19)(H,21,22)/t14-/m0/s1. The van der Waals surface area contributed by atoms with Crippen molar-refractivity contribution in [2.24, 2.45) is 0 Å². The monoisotopic (exact) mass is 329 g/mol. The van der Waals surface area contributed by atoms with E-state index in [0.29, 0.717) is 6.42 Å². The second-order valence-corrected chi connectivity index (χ2v) is 5.82. The van der Waals surface area contributed by atoms with E-state index in [-0.39, 0.29) is 12.3 Å². The summed E-state index contributed by atoms with van der Waals surface area (Å²) in [6.07, 6.45) is 10.3. The van der Waals surface area contributed by atoms with Gasteiger partial charge >= 0.3 is 11.9 Å². The number of unbranched alkanes of at least 4 members (excludes halogenated alkanes) is 8. The number of carboxylic acid groups (broad SMARTS) is 1. The van der Waals surface area contributed by atoms with E-state index in [1.165, 1.54) is 45.6 Å². The Morgan fingerprint density at radius 3 is 1.96 bits per heavy atom. The first-order chi connectivity index (χ1) is 11.0. The number of carbonyl (C=O) groups is 3. The van der Waals surface area contributed by atoms with Crippen molar-refractivity contribution < 1.29 is 24.2 Å². The lowest BCUT2D eigenvalue weighted by Crippen LogP contribution is -2.42. The number of amides is 1. The maximum absolute atomic E-state index is 11.7. The highest BCUT2D eigenvalue weighted by molar-refractivity contribution is 5.87. The predicted molar refractivity (Wildman–Crippen MR) is 88.0 cm³/mol. The van der Waals surface area contributed by atoms with Gasteiger partial charge < -0.3 is 15.2 Å². The third-order valence-electron chi connectivity index (χ3n) is 3.74. The molecule has 23 heavy (non-hydrogen) atoms. The first kappa shape index (κ1) is 21.4. The summed E-state index contributed by atoms with van der Waals surface area (Å²) in [5, 5.41) is 11.3.